The van der Waals surface area contributed by atoms with Crippen LogP contribution in [-0.4, -0.2) is 64.8 Å². The Balaban J connectivity index is 2.09. The van der Waals surface area contributed by atoms with Gasteiger partial charge in [0.05, 0.1) is 6.21 Å². The molecule has 0 aliphatic heterocycles. The Labute approximate surface area is 258 Å². The molecule has 0 aromatic heterocycles. The van der Waals surface area contributed by atoms with Crippen LogP contribution in [0, 0.1) is 0 Å². The van der Waals surface area contributed by atoms with Crippen molar-refractivity contribution >= 4 is 46.0 Å². The molecule has 0 fully saturated rings. The predicted octanol–water partition coefficient (Wildman–Crippen LogP) is 7.44. The number of azide groups is 1. The molecule has 2 aromatic carbocycles. The molecule has 2 aromatic rings. The molecule has 0 aliphatic rings. The fraction of sp³-hybridized carbons (Fsp3) is 0.480. The lowest BCUT2D eigenvalue weighted by Crippen LogP contribution is -2.28. The summed E-state index contributed by atoms with van der Waals surface area (Å²) in [5.74, 6) is 1.07. The summed E-state index contributed by atoms with van der Waals surface area (Å²) in [4.78, 5) is 4.44. The van der Waals surface area contributed by atoms with E-state index in [0.29, 0.717) is 23.6 Å². The third-order valence-corrected chi connectivity index (χ3v) is 11.7. The zero-order valence-corrected chi connectivity index (χ0v) is 28.9. The van der Waals surface area contributed by atoms with Gasteiger partial charge in [0.2, 0.25) is 7.07 Å². The molecular formula is C25H39N6O8P3S. The Hall–Kier alpha value is -2.43. The van der Waals surface area contributed by atoms with Crippen LogP contribution in [-0.2, 0) is 39.0 Å². The summed E-state index contributed by atoms with van der Waals surface area (Å²) in [5.41, 5.74) is 9.26. The van der Waals surface area contributed by atoms with E-state index in [-0.39, 0.29) is 12.6 Å². The average Bonchev–Trinajstić information content (AvgIpc) is 3.00. The topological polar surface area (TPSA) is 157 Å². The van der Waals surface area contributed by atoms with E-state index < -0.39 is 28.0 Å². The van der Waals surface area contributed by atoms with E-state index in [4.69, 9.17) is 44.7 Å². The molecule has 0 bridgehead atoms. The number of hydrazone groups is 1. The molecule has 2 atom stereocenters. The summed E-state index contributed by atoms with van der Waals surface area (Å²) in [7, 11) is -2.15. The molecule has 238 valence electrons. The standard InChI is InChI=1S/C25H39N6O8P3S/c1-8-17-25(2,28-29-26)38-23-13-9-21(10-14-23)18-27-30(3)40(43)39-24-15-11-22(12-16-24)31(19-41(32,34-4)35-5)20-42(33,36-6)37-7/h9-16,18,40H,8,17,19-20H2,1-7H3/b27-18+. The van der Waals surface area contributed by atoms with Gasteiger partial charge in [-0.1, -0.05) is 13.3 Å². The highest BCUT2D eigenvalue weighted by molar-refractivity contribution is 8.02. The minimum atomic E-state index is -3.50. The van der Waals surface area contributed by atoms with Gasteiger partial charge in [-0.3, -0.25) is 9.13 Å². The smallest absolute Gasteiger partial charge is 0.349 e. The van der Waals surface area contributed by atoms with Crippen molar-refractivity contribution in [2.24, 2.45) is 10.2 Å². The summed E-state index contributed by atoms with van der Waals surface area (Å²) in [6.07, 6.45) is 2.66. The Kier molecular flexibility index (Phi) is 14.7. The van der Waals surface area contributed by atoms with Crippen LogP contribution in [0.25, 0.3) is 10.4 Å². The molecule has 0 heterocycles. The first-order valence-electron chi connectivity index (χ1n) is 13.0. The Morgan fingerprint density at radius 2 is 1.47 bits per heavy atom. The number of ether oxygens (including phenoxy) is 1. The summed E-state index contributed by atoms with van der Waals surface area (Å²) in [6.45, 7) is 3.74. The van der Waals surface area contributed by atoms with Gasteiger partial charge < -0.3 is 32.3 Å². The van der Waals surface area contributed by atoms with Gasteiger partial charge >= 0.3 is 15.2 Å². The molecule has 43 heavy (non-hydrogen) atoms. The van der Waals surface area contributed by atoms with Crippen molar-refractivity contribution in [2.45, 2.75) is 32.4 Å². The van der Waals surface area contributed by atoms with E-state index >= 15 is 0 Å². The molecule has 0 amide bonds. The second kappa shape index (κ2) is 17.2. The highest BCUT2D eigenvalue weighted by atomic mass is 32.4. The normalized spacial score (nSPS) is 14.0. The van der Waals surface area contributed by atoms with Gasteiger partial charge in [0, 0.05) is 46.1 Å². The number of hydrogen-bond donors (Lipinski definition) is 0. The van der Waals surface area contributed by atoms with Gasteiger partial charge in [-0.05, 0) is 89.9 Å². The quantitative estimate of drug-likeness (QED) is 0.0364. The lowest BCUT2D eigenvalue weighted by Gasteiger charge is -2.29. The Bertz CT molecular complexity index is 1330. The molecule has 0 N–H and O–H groups in total. The van der Waals surface area contributed by atoms with Crippen LogP contribution in [0.4, 0.5) is 5.69 Å². The largest absolute Gasteiger partial charge is 0.481 e. The molecule has 14 nitrogen and oxygen atoms in total. The number of hydrogen-bond acceptors (Lipinski definition) is 12. The van der Waals surface area contributed by atoms with Crippen LogP contribution < -0.4 is 14.2 Å². The van der Waals surface area contributed by atoms with Crippen LogP contribution in [0.1, 0.15) is 32.3 Å². The van der Waals surface area contributed by atoms with E-state index in [1.54, 1.807) is 66.3 Å². The zero-order valence-electron chi connectivity index (χ0n) is 25.3. The maximum atomic E-state index is 12.8. The molecule has 0 saturated heterocycles. The first kappa shape index (κ1) is 36.8. The SMILES string of the molecule is CCCC(C)(N=[N+]=[N-])Oc1ccc(/C=N/N(C)[PH](=S)Oc2ccc(N(CP(=O)(OC)OC)CP(=O)(OC)OC)cc2)cc1. The van der Waals surface area contributed by atoms with Gasteiger partial charge in [-0.15, -0.1) is 0 Å². The van der Waals surface area contributed by atoms with Crippen LogP contribution in [0.2, 0.25) is 0 Å². The highest BCUT2D eigenvalue weighted by Crippen LogP contribution is 2.52. The van der Waals surface area contributed by atoms with E-state index in [1.807, 2.05) is 19.1 Å². The monoisotopic (exact) mass is 676 g/mol. The number of nitrogens with zero attached hydrogens (tertiary/aromatic N) is 6. The predicted molar refractivity (Wildman–Crippen MR) is 173 cm³/mol. The Morgan fingerprint density at radius 3 is 1.93 bits per heavy atom. The van der Waals surface area contributed by atoms with Crippen LogP contribution in [0.3, 0.4) is 0 Å². The third kappa shape index (κ3) is 11.5. The highest BCUT2D eigenvalue weighted by Gasteiger charge is 2.32. The van der Waals surface area contributed by atoms with Crippen LogP contribution in [0.15, 0.2) is 58.7 Å². The summed E-state index contributed by atoms with van der Waals surface area (Å²) >= 11 is 5.56. The van der Waals surface area contributed by atoms with Crippen molar-refractivity contribution < 1.29 is 36.5 Å². The molecule has 18 heteroatoms. The zero-order chi connectivity index (χ0) is 32.1. The second-order valence-electron chi connectivity index (χ2n) is 9.19. The van der Waals surface area contributed by atoms with E-state index in [1.165, 1.54) is 28.4 Å². The van der Waals surface area contributed by atoms with Crippen molar-refractivity contribution in [3.63, 3.8) is 0 Å². The van der Waals surface area contributed by atoms with Crippen molar-refractivity contribution in [3.05, 3.63) is 64.5 Å². The lowest BCUT2D eigenvalue weighted by molar-refractivity contribution is 0.0857. The molecular weight excluding hydrogens is 637 g/mol. The van der Waals surface area contributed by atoms with Gasteiger partial charge in [-0.25, -0.2) is 4.78 Å². The number of benzene rings is 2. The molecule has 0 aliphatic carbocycles. The van der Waals surface area contributed by atoms with Gasteiger partial charge in [-0.2, -0.15) is 5.10 Å². The van der Waals surface area contributed by atoms with Crippen molar-refractivity contribution in [3.8, 4) is 11.5 Å². The average molecular weight is 677 g/mol. The van der Waals surface area contributed by atoms with Crippen LogP contribution in [0.5, 0.6) is 11.5 Å². The molecule has 0 radical (unpaired) electrons. The minimum Gasteiger partial charge on any atom is -0.481 e. The van der Waals surface area contributed by atoms with Crippen molar-refractivity contribution in [1.82, 2.24) is 4.78 Å². The lowest BCUT2D eigenvalue weighted by atomic mass is 10.1. The summed E-state index contributed by atoms with van der Waals surface area (Å²) in [6, 6.07) is 14.0. The van der Waals surface area contributed by atoms with Gasteiger partial charge in [0.25, 0.3) is 0 Å². The molecule has 2 rings (SSSR count). The fourth-order valence-corrected chi connectivity index (χ4v) is 6.99. The van der Waals surface area contributed by atoms with E-state index in [0.717, 1.165) is 12.0 Å². The number of rotatable bonds is 19. The van der Waals surface area contributed by atoms with E-state index in [2.05, 4.69) is 15.1 Å². The van der Waals surface area contributed by atoms with Crippen LogP contribution >= 0.6 is 22.3 Å². The summed E-state index contributed by atoms with van der Waals surface area (Å²) in [5, 5.41) is 8.20. The molecule has 2 unspecified atom stereocenters. The maximum absolute atomic E-state index is 12.8. The van der Waals surface area contributed by atoms with Crippen molar-refractivity contribution in [2.75, 3.05) is 53.0 Å². The first-order chi connectivity index (χ1) is 20.4. The number of anilines is 1. The molecule has 0 saturated carbocycles. The van der Waals surface area contributed by atoms with Crippen molar-refractivity contribution in [1.29, 1.82) is 0 Å². The minimum absolute atomic E-state index is 0.191. The van der Waals surface area contributed by atoms with E-state index in [9.17, 15) is 9.13 Å². The second-order valence-corrected chi connectivity index (χ2v) is 16.1. The van der Waals surface area contributed by atoms with Gasteiger partial charge in [0.1, 0.15) is 24.1 Å². The fourth-order valence-electron chi connectivity index (χ4n) is 3.65. The first-order valence-corrected chi connectivity index (χ1v) is 18.9. The Morgan fingerprint density at radius 1 is 0.953 bits per heavy atom. The molecule has 0 spiro atoms. The maximum Gasteiger partial charge on any atom is 0.349 e. The van der Waals surface area contributed by atoms with Gasteiger partial charge in [0.15, 0.2) is 5.72 Å². The third-order valence-electron chi connectivity index (χ3n) is 6.04. The summed E-state index contributed by atoms with van der Waals surface area (Å²) < 4.78 is 59.4.